The Hall–Kier alpha value is -1.85. The Morgan fingerprint density at radius 2 is 2.15 bits per heavy atom. The second-order valence-electron chi connectivity index (χ2n) is 2.55. The number of amides is 1. The molecule has 0 fully saturated rings. The van der Waals surface area contributed by atoms with Crippen LogP contribution in [-0.2, 0) is 7.05 Å². The van der Waals surface area contributed by atoms with Gasteiger partial charge in [0.2, 0.25) is 5.82 Å². The van der Waals surface area contributed by atoms with E-state index in [2.05, 4.69) is 0 Å². The van der Waals surface area contributed by atoms with E-state index in [4.69, 9.17) is 11.5 Å². The van der Waals surface area contributed by atoms with Gasteiger partial charge in [-0.05, 0) is 0 Å². The molecule has 1 amide bonds. The van der Waals surface area contributed by atoms with Gasteiger partial charge in [0.15, 0.2) is 0 Å². The maximum Gasteiger partial charge on any atom is 0.288 e. The minimum absolute atomic E-state index is 0.195. The van der Waals surface area contributed by atoms with Gasteiger partial charge in [-0.25, -0.2) is 0 Å². The molecular weight excluding hydrogens is 177 g/mol. The first-order chi connectivity index (χ1) is 5.95. The molecule has 0 atom stereocenters. The molecule has 0 aliphatic heterocycles. The highest BCUT2D eigenvalue weighted by Gasteiger charge is 2.14. The van der Waals surface area contributed by atoms with Gasteiger partial charge in [0, 0.05) is 13.2 Å². The Kier molecular flexibility index (Phi) is 2.05. The molecule has 70 valence electrons. The van der Waals surface area contributed by atoms with Gasteiger partial charge in [-0.1, -0.05) is 0 Å². The van der Waals surface area contributed by atoms with E-state index in [-0.39, 0.29) is 5.56 Å². The lowest BCUT2D eigenvalue weighted by Crippen LogP contribution is -2.26. The number of aryl methyl sites for hydroxylation is 1. The monoisotopic (exact) mass is 185 g/mol. The number of hydrogen-bond donors (Lipinski definition) is 2. The summed E-state index contributed by atoms with van der Waals surface area (Å²) in [6.07, 6.45) is 1.10. The second-order valence-corrected chi connectivity index (χ2v) is 2.55. The third-order valence-corrected chi connectivity index (χ3v) is 1.62. The number of anilines is 1. The maximum absolute atomic E-state index is 12.9. The van der Waals surface area contributed by atoms with Crippen molar-refractivity contribution in [3.8, 4) is 0 Å². The summed E-state index contributed by atoms with van der Waals surface area (Å²) in [4.78, 5) is 21.6. The zero-order chi connectivity index (χ0) is 10.2. The number of nitrogens with zero attached hydrogens (tertiary/aromatic N) is 1. The van der Waals surface area contributed by atoms with Gasteiger partial charge < -0.3 is 16.0 Å². The Labute approximate surface area is 72.8 Å². The van der Waals surface area contributed by atoms with E-state index < -0.39 is 23.0 Å². The van der Waals surface area contributed by atoms with Crippen LogP contribution in [0.5, 0.6) is 0 Å². The van der Waals surface area contributed by atoms with Crippen molar-refractivity contribution < 1.29 is 9.18 Å². The molecule has 0 radical (unpaired) electrons. The number of pyridine rings is 1. The summed E-state index contributed by atoms with van der Waals surface area (Å²) in [5.41, 5.74) is 8.48. The molecule has 13 heavy (non-hydrogen) atoms. The van der Waals surface area contributed by atoms with Crippen LogP contribution in [0.1, 0.15) is 10.4 Å². The largest absolute Gasteiger partial charge is 0.395 e. The molecule has 0 bridgehead atoms. The molecule has 6 heteroatoms. The number of carbonyl (C=O) groups excluding carboxylic acids is 1. The Morgan fingerprint density at radius 1 is 1.62 bits per heavy atom. The number of nitrogen functional groups attached to an aromatic ring is 1. The Balaban J connectivity index is 3.60. The summed E-state index contributed by atoms with van der Waals surface area (Å²) >= 11 is 0. The molecule has 1 aromatic heterocycles. The summed E-state index contributed by atoms with van der Waals surface area (Å²) in [7, 11) is 1.30. The van der Waals surface area contributed by atoms with E-state index >= 15 is 0 Å². The molecule has 0 unspecified atom stereocenters. The number of hydrogen-bond acceptors (Lipinski definition) is 3. The van der Waals surface area contributed by atoms with Crippen LogP contribution in [-0.4, -0.2) is 10.5 Å². The van der Waals surface area contributed by atoms with Crippen LogP contribution in [0.2, 0.25) is 0 Å². The highest BCUT2D eigenvalue weighted by molar-refractivity contribution is 5.97. The first kappa shape index (κ1) is 9.24. The number of halogens is 1. The quantitative estimate of drug-likeness (QED) is 0.600. The van der Waals surface area contributed by atoms with Crippen LogP contribution in [0, 0.1) is 5.82 Å². The summed E-state index contributed by atoms with van der Waals surface area (Å²) in [6.45, 7) is 0. The van der Waals surface area contributed by atoms with Gasteiger partial charge in [-0.15, -0.1) is 0 Å². The van der Waals surface area contributed by atoms with Crippen molar-refractivity contribution in [2.75, 3.05) is 5.73 Å². The zero-order valence-corrected chi connectivity index (χ0v) is 6.87. The minimum atomic E-state index is -1.15. The van der Waals surface area contributed by atoms with E-state index in [1.165, 1.54) is 7.05 Å². The maximum atomic E-state index is 12.9. The Bertz CT molecular complexity index is 424. The molecular formula is C7H8FN3O2. The van der Waals surface area contributed by atoms with Crippen molar-refractivity contribution in [1.82, 2.24) is 4.57 Å². The lowest BCUT2D eigenvalue weighted by Gasteiger charge is -2.04. The molecule has 5 nitrogen and oxygen atoms in total. The molecule has 0 saturated heterocycles. The van der Waals surface area contributed by atoms with Crippen LogP contribution < -0.4 is 17.0 Å². The fourth-order valence-corrected chi connectivity index (χ4v) is 0.906. The average molecular weight is 185 g/mol. The molecule has 0 aliphatic carbocycles. The van der Waals surface area contributed by atoms with Gasteiger partial charge in [0.25, 0.3) is 11.5 Å². The number of rotatable bonds is 1. The lowest BCUT2D eigenvalue weighted by molar-refractivity contribution is 0.1000. The van der Waals surface area contributed by atoms with Crippen molar-refractivity contribution in [1.29, 1.82) is 0 Å². The molecule has 0 saturated carbocycles. The van der Waals surface area contributed by atoms with Gasteiger partial charge in [0.05, 0.1) is 11.3 Å². The first-order valence-electron chi connectivity index (χ1n) is 3.39. The fourth-order valence-electron chi connectivity index (χ4n) is 0.906. The molecule has 0 spiro atoms. The Morgan fingerprint density at radius 3 is 2.62 bits per heavy atom. The first-order valence-corrected chi connectivity index (χ1v) is 3.39. The highest BCUT2D eigenvalue weighted by atomic mass is 19.1. The summed E-state index contributed by atoms with van der Waals surface area (Å²) in [6, 6.07) is 0. The number of aromatic nitrogens is 1. The van der Waals surface area contributed by atoms with E-state index in [0.717, 1.165) is 10.8 Å². The smallest absolute Gasteiger partial charge is 0.288 e. The molecule has 1 heterocycles. The lowest BCUT2D eigenvalue weighted by atomic mass is 10.2. The number of nitrogens with two attached hydrogens (primary N) is 2. The summed E-state index contributed by atoms with van der Waals surface area (Å²) in [5, 5.41) is 0. The van der Waals surface area contributed by atoms with Gasteiger partial charge in [0.1, 0.15) is 0 Å². The molecule has 4 N–H and O–H groups in total. The van der Waals surface area contributed by atoms with E-state index in [1.54, 1.807) is 0 Å². The van der Waals surface area contributed by atoms with Crippen molar-refractivity contribution in [2.24, 2.45) is 12.8 Å². The highest BCUT2D eigenvalue weighted by Crippen LogP contribution is 2.10. The predicted octanol–water partition coefficient (Wildman–Crippen LogP) is -0.794. The normalized spacial score (nSPS) is 10.0. The fraction of sp³-hybridized carbons (Fsp3) is 0.143. The van der Waals surface area contributed by atoms with Gasteiger partial charge in [-0.2, -0.15) is 4.39 Å². The van der Waals surface area contributed by atoms with Crippen LogP contribution in [0.3, 0.4) is 0 Å². The predicted molar refractivity (Wildman–Crippen MR) is 44.6 cm³/mol. The zero-order valence-electron chi connectivity index (χ0n) is 6.87. The van der Waals surface area contributed by atoms with Crippen molar-refractivity contribution in [3.05, 3.63) is 27.9 Å². The SMILES string of the molecule is Cn1cc(C(N)=O)c(N)c(F)c1=O. The third kappa shape index (κ3) is 1.37. The van der Waals surface area contributed by atoms with E-state index in [1.807, 2.05) is 0 Å². The van der Waals surface area contributed by atoms with Crippen LogP contribution in [0.4, 0.5) is 10.1 Å². The average Bonchev–Trinajstić information content (AvgIpc) is 2.07. The molecule has 1 rings (SSSR count). The molecule has 0 aromatic carbocycles. The van der Waals surface area contributed by atoms with Crippen molar-refractivity contribution in [2.45, 2.75) is 0 Å². The van der Waals surface area contributed by atoms with E-state index in [9.17, 15) is 14.0 Å². The number of primary amides is 1. The summed E-state index contributed by atoms with van der Waals surface area (Å²) in [5.74, 6) is -2.02. The van der Waals surface area contributed by atoms with Crippen LogP contribution >= 0.6 is 0 Å². The molecule has 0 aliphatic rings. The minimum Gasteiger partial charge on any atom is -0.395 e. The van der Waals surface area contributed by atoms with Crippen LogP contribution in [0.15, 0.2) is 11.0 Å². The molecule has 1 aromatic rings. The second kappa shape index (κ2) is 2.89. The standard InChI is InChI=1S/C7H8FN3O2/c1-11-2-3(6(10)12)5(9)4(8)7(11)13/h2H,9H2,1H3,(H2,10,12). The third-order valence-electron chi connectivity index (χ3n) is 1.62. The van der Waals surface area contributed by atoms with E-state index in [0.29, 0.717) is 0 Å². The van der Waals surface area contributed by atoms with Crippen molar-refractivity contribution >= 4 is 11.6 Å². The van der Waals surface area contributed by atoms with Gasteiger partial charge >= 0.3 is 0 Å². The topological polar surface area (TPSA) is 91.1 Å². The summed E-state index contributed by atoms with van der Waals surface area (Å²) < 4.78 is 13.9. The van der Waals surface area contributed by atoms with Gasteiger partial charge in [-0.3, -0.25) is 9.59 Å². The number of carbonyl (C=O) groups is 1. The van der Waals surface area contributed by atoms with Crippen LogP contribution in [0.25, 0.3) is 0 Å². The van der Waals surface area contributed by atoms with Crippen molar-refractivity contribution in [3.63, 3.8) is 0 Å².